The lowest BCUT2D eigenvalue weighted by molar-refractivity contribution is -0.117. The number of aromatic nitrogens is 2. The lowest BCUT2D eigenvalue weighted by Crippen LogP contribution is -2.13. The Bertz CT molecular complexity index is 1460. The minimum absolute atomic E-state index is 0.240. The van der Waals surface area contributed by atoms with Gasteiger partial charge in [0.1, 0.15) is 5.78 Å². The number of Topliss-reactive ketones (excluding diaryl/α,β-unsaturated/α-hetero) is 1. The molecule has 0 unspecified atom stereocenters. The average Bonchev–Trinajstić information content (AvgIpc) is 3.43. The number of benzene rings is 3. The predicted molar refractivity (Wildman–Crippen MR) is 130 cm³/mol. The molecule has 2 aromatic heterocycles. The van der Waals surface area contributed by atoms with Crippen molar-refractivity contribution in [2.24, 2.45) is 0 Å². The van der Waals surface area contributed by atoms with Crippen molar-refractivity contribution in [1.82, 2.24) is 9.97 Å². The number of pyridine rings is 1. The van der Waals surface area contributed by atoms with Gasteiger partial charge in [0.2, 0.25) is 0 Å². The summed E-state index contributed by atoms with van der Waals surface area (Å²) in [5.41, 5.74) is 7.99. The molecule has 0 amide bonds. The van der Waals surface area contributed by atoms with E-state index < -0.39 is 0 Å². The maximum absolute atomic E-state index is 12.8. The number of H-pyrrole nitrogens is 1. The Labute approximate surface area is 186 Å². The number of carbonyl (C=O) groups is 1. The summed E-state index contributed by atoms with van der Waals surface area (Å²) < 4.78 is 0. The summed E-state index contributed by atoms with van der Waals surface area (Å²) in [7, 11) is 0. The van der Waals surface area contributed by atoms with Gasteiger partial charge < -0.3 is 9.88 Å². The van der Waals surface area contributed by atoms with Gasteiger partial charge in [0.05, 0.1) is 11.2 Å². The number of anilines is 2. The molecule has 3 heterocycles. The van der Waals surface area contributed by atoms with Crippen molar-refractivity contribution in [3.63, 3.8) is 0 Å². The summed E-state index contributed by atoms with van der Waals surface area (Å²) >= 11 is 0. The molecule has 1 aliphatic heterocycles. The van der Waals surface area contributed by atoms with Crippen LogP contribution in [0.4, 0.5) is 11.4 Å². The van der Waals surface area contributed by atoms with Crippen LogP contribution >= 0.6 is 0 Å². The number of ketones is 1. The quantitative estimate of drug-likeness (QED) is 0.395. The minimum atomic E-state index is 0.240. The minimum Gasteiger partial charge on any atom is -0.361 e. The van der Waals surface area contributed by atoms with Crippen LogP contribution < -0.4 is 4.90 Å². The van der Waals surface area contributed by atoms with Gasteiger partial charge >= 0.3 is 0 Å². The van der Waals surface area contributed by atoms with E-state index in [2.05, 4.69) is 63.4 Å². The van der Waals surface area contributed by atoms with Gasteiger partial charge in [-0.05, 0) is 47.4 Å². The summed E-state index contributed by atoms with van der Waals surface area (Å²) in [6.45, 7) is 0.941. The molecule has 156 valence electrons. The SMILES string of the molecule is O=C(Cc1ccc2c(c1)CCN2c1ccnc2ccccc12)Cc1c[nH]c2ccccc12. The fourth-order valence-electron chi connectivity index (χ4n) is 4.91. The van der Waals surface area contributed by atoms with E-state index in [9.17, 15) is 4.79 Å². The summed E-state index contributed by atoms with van der Waals surface area (Å²) in [4.78, 5) is 23.0. The zero-order valence-corrected chi connectivity index (χ0v) is 17.7. The first-order chi connectivity index (χ1) is 15.8. The normalized spacial score (nSPS) is 13.1. The highest BCUT2D eigenvalue weighted by Gasteiger charge is 2.22. The predicted octanol–water partition coefficient (Wildman–Crippen LogP) is 5.76. The zero-order chi connectivity index (χ0) is 21.5. The van der Waals surface area contributed by atoms with Crippen molar-refractivity contribution < 1.29 is 4.79 Å². The maximum Gasteiger partial charge on any atom is 0.141 e. The summed E-state index contributed by atoms with van der Waals surface area (Å²) in [5.74, 6) is 0.240. The molecular formula is C28H23N3O. The van der Waals surface area contributed by atoms with Crippen molar-refractivity contribution in [1.29, 1.82) is 0 Å². The Morgan fingerprint density at radius 2 is 1.75 bits per heavy atom. The van der Waals surface area contributed by atoms with Crippen LogP contribution in [-0.2, 0) is 24.1 Å². The van der Waals surface area contributed by atoms with Crippen LogP contribution in [-0.4, -0.2) is 22.3 Å². The molecule has 5 aromatic rings. The van der Waals surface area contributed by atoms with Crippen LogP contribution in [0.25, 0.3) is 21.8 Å². The number of nitrogens with one attached hydrogen (secondary N) is 1. The van der Waals surface area contributed by atoms with E-state index in [1.165, 1.54) is 22.3 Å². The highest BCUT2D eigenvalue weighted by molar-refractivity contribution is 5.95. The van der Waals surface area contributed by atoms with Crippen LogP contribution in [0.3, 0.4) is 0 Å². The maximum atomic E-state index is 12.8. The molecule has 0 bridgehead atoms. The molecule has 0 fully saturated rings. The number of rotatable bonds is 5. The highest BCUT2D eigenvalue weighted by atomic mass is 16.1. The van der Waals surface area contributed by atoms with Gasteiger partial charge in [-0.3, -0.25) is 9.78 Å². The fourth-order valence-corrected chi connectivity index (χ4v) is 4.91. The molecule has 0 aliphatic carbocycles. The number of nitrogens with zero attached hydrogens (tertiary/aromatic N) is 2. The second-order valence-electron chi connectivity index (χ2n) is 8.46. The van der Waals surface area contributed by atoms with Crippen molar-refractivity contribution >= 4 is 39.0 Å². The Balaban J connectivity index is 1.23. The van der Waals surface area contributed by atoms with Gasteiger partial charge in [-0.25, -0.2) is 0 Å². The van der Waals surface area contributed by atoms with Crippen molar-refractivity contribution in [3.05, 3.63) is 102 Å². The van der Waals surface area contributed by atoms with Crippen molar-refractivity contribution in [3.8, 4) is 0 Å². The van der Waals surface area contributed by atoms with Gasteiger partial charge in [-0.2, -0.15) is 0 Å². The van der Waals surface area contributed by atoms with E-state index in [1.807, 2.05) is 36.7 Å². The first-order valence-corrected chi connectivity index (χ1v) is 11.1. The molecule has 0 spiro atoms. The van der Waals surface area contributed by atoms with Crippen LogP contribution in [0.2, 0.25) is 0 Å². The van der Waals surface area contributed by atoms with E-state index in [0.717, 1.165) is 40.5 Å². The smallest absolute Gasteiger partial charge is 0.141 e. The summed E-state index contributed by atoms with van der Waals surface area (Å²) in [6, 6.07) is 25.0. The molecule has 1 aliphatic rings. The number of fused-ring (bicyclic) bond motifs is 3. The van der Waals surface area contributed by atoms with E-state index in [0.29, 0.717) is 12.8 Å². The summed E-state index contributed by atoms with van der Waals surface area (Å²) in [6.07, 6.45) is 5.74. The number of hydrogen-bond donors (Lipinski definition) is 1. The van der Waals surface area contributed by atoms with Gasteiger partial charge in [0, 0.05) is 53.8 Å². The lowest BCUT2D eigenvalue weighted by Gasteiger charge is -2.21. The second kappa shape index (κ2) is 7.65. The highest BCUT2D eigenvalue weighted by Crippen LogP contribution is 2.38. The van der Waals surface area contributed by atoms with Crippen molar-refractivity contribution in [2.75, 3.05) is 11.4 Å². The zero-order valence-electron chi connectivity index (χ0n) is 17.7. The largest absolute Gasteiger partial charge is 0.361 e. The molecular weight excluding hydrogens is 394 g/mol. The topological polar surface area (TPSA) is 49.0 Å². The second-order valence-corrected chi connectivity index (χ2v) is 8.46. The Hall–Kier alpha value is -3.92. The Morgan fingerprint density at radius 3 is 2.69 bits per heavy atom. The van der Waals surface area contributed by atoms with E-state index in [4.69, 9.17) is 0 Å². The average molecular weight is 418 g/mol. The van der Waals surface area contributed by atoms with Gasteiger partial charge in [0.15, 0.2) is 0 Å². The van der Waals surface area contributed by atoms with Gasteiger partial charge in [-0.15, -0.1) is 0 Å². The molecule has 1 N–H and O–H groups in total. The van der Waals surface area contributed by atoms with E-state index in [-0.39, 0.29) is 5.78 Å². The van der Waals surface area contributed by atoms with Crippen LogP contribution in [0.1, 0.15) is 16.7 Å². The monoisotopic (exact) mass is 417 g/mol. The first-order valence-electron chi connectivity index (χ1n) is 11.1. The molecule has 3 aromatic carbocycles. The van der Waals surface area contributed by atoms with Gasteiger partial charge in [0.25, 0.3) is 0 Å². The van der Waals surface area contributed by atoms with Crippen LogP contribution in [0, 0.1) is 0 Å². The van der Waals surface area contributed by atoms with E-state index in [1.54, 1.807) is 0 Å². The molecule has 4 heteroatoms. The number of para-hydroxylation sites is 2. The standard InChI is InChI=1S/C28H23N3O/c32-22(17-21-18-30-25-7-3-1-5-23(21)25)16-19-9-10-27-20(15-19)12-14-31(27)28-11-13-29-26-8-4-2-6-24(26)28/h1-11,13,15,18,30H,12,14,16-17H2. The number of aromatic amines is 1. The third-order valence-electron chi connectivity index (χ3n) is 6.42. The molecule has 0 atom stereocenters. The first kappa shape index (κ1) is 18.8. The third-order valence-corrected chi connectivity index (χ3v) is 6.42. The molecule has 6 rings (SSSR count). The molecule has 0 radical (unpaired) electrons. The Morgan fingerprint density at radius 1 is 0.906 bits per heavy atom. The molecule has 4 nitrogen and oxygen atoms in total. The van der Waals surface area contributed by atoms with Crippen LogP contribution in [0.15, 0.2) is 85.2 Å². The van der Waals surface area contributed by atoms with Gasteiger partial charge in [-0.1, -0.05) is 48.5 Å². The van der Waals surface area contributed by atoms with E-state index >= 15 is 0 Å². The van der Waals surface area contributed by atoms with Crippen molar-refractivity contribution in [2.45, 2.75) is 19.3 Å². The number of carbonyl (C=O) groups excluding carboxylic acids is 1. The third kappa shape index (κ3) is 3.25. The van der Waals surface area contributed by atoms with Crippen LogP contribution in [0.5, 0.6) is 0 Å². The molecule has 0 saturated heterocycles. The fraction of sp³-hybridized carbons (Fsp3) is 0.143. The number of hydrogen-bond acceptors (Lipinski definition) is 3. The molecule has 32 heavy (non-hydrogen) atoms. The Kier molecular flexibility index (Phi) is 4.50. The lowest BCUT2D eigenvalue weighted by atomic mass is 10.00. The summed E-state index contributed by atoms with van der Waals surface area (Å²) in [5, 5.41) is 2.30. The molecule has 0 saturated carbocycles.